The Bertz CT molecular complexity index is 1380. The van der Waals surface area contributed by atoms with E-state index in [1.807, 2.05) is 19.4 Å². The number of methoxy groups -OCH3 is 1. The molecule has 2 amide bonds. The monoisotopic (exact) mass is 534 g/mol. The average Bonchev–Trinajstić information content (AvgIpc) is 3.28. The molecule has 2 N–H and O–H groups in total. The SMILES string of the molecule is CCS(C)(C)c1c(F)cc(NC(=O)[C@H]2c3ccc(COC)nc3CCN2C(=O)c2cc(=O)[nH]o2)cc1F. The van der Waals surface area contributed by atoms with E-state index in [9.17, 15) is 23.2 Å². The molecule has 3 aromatic rings. The Balaban J connectivity index is 1.71. The zero-order valence-electron chi connectivity index (χ0n) is 20.9. The molecule has 0 saturated carbocycles. The predicted molar refractivity (Wildman–Crippen MR) is 135 cm³/mol. The molecule has 198 valence electrons. The van der Waals surface area contributed by atoms with E-state index in [0.29, 0.717) is 29.1 Å². The first-order chi connectivity index (χ1) is 17.6. The molecule has 1 aliphatic rings. The summed E-state index contributed by atoms with van der Waals surface area (Å²) in [7, 11) is -0.159. The van der Waals surface area contributed by atoms with E-state index >= 15 is 0 Å². The zero-order valence-corrected chi connectivity index (χ0v) is 21.7. The van der Waals surface area contributed by atoms with Crippen LogP contribution in [0.15, 0.2) is 44.5 Å². The van der Waals surface area contributed by atoms with Gasteiger partial charge in [0, 0.05) is 37.0 Å². The number of aromatic amines is 1. The number of ether oxygens (including phenoxy) is 1. The van der Waals surface area contributed by atoms with Crippen molar-refractivity contribution < 1.29 is 27.6 Å². The molecule has 1 aromatic carbocycles. The van der Waals surface area contributed by atoms with Crippen LogP contribution in [0.2, 0.25) is 0 Å². The van der Waals surface area contributed by atoms with E-state index in [1.165, 1.54) is 12.0 Å². The van der Waals surface area contributed by atoms with Crippen molar-refractivity contribution in [3.63, 3.8) is 0 Å². The summed E-state index contributed by atoms with van der Waals surface area (Å²) in [5.74, 6) is -2.53. The van der Waals surface area contributed by atoms with E-state index in [4.69, 9.17) is 9.26 Å². The molecule has 1 aliphatic heterocycles. The van der Waals surface area contributed by atoms with Gasteiger partial charge in [-0.05, 0) is 36.5 Å². The van der Waals surface area contributed by atoms with Gasteiger partial charge in [0.2, 0.25) is 5.76 Å². The first kappa shape index (κ1) is 26.6. The number of fused-ring (bicyclic) bond motifs is 1. The van der Waals surface area contributed by atoms with Gasteiger partial charge >= 0.3 is 0 Å². The Morgan fingerprint density at radius 1 is 1.24 bits per heavy atom. The topological polar surface area (TPSA) is 118 Å². The zero-order chi connectivity index (χ0) is 26.9. The third-order valence-electron chi connectivity index (χ3n) is 6.34. The summed E-state index contributed by atoms with van der Waals surface area (Å²) in [5.41, 5.74) is 1.01. The predicted octanol–water partition coefficient (Wildman–Crippen LogP) is 3.61. The standard InChI is InChI=1S/C25H28F2N4O5S/c1-5-37(3,4)23-17(26)10-15(11-18(23)27)29-24(33)22-16-7-6-14(13-35-2)28-19(16)8-9-31(22)25(34)20-12-21(32)30-36-20/h6-7,10-12,22H,5,8-9,13H2,1-4H3,(H,29,33)(H,30,32)/t22-/m1/s1. The number of nitrogens with one attached hydrogen (secondary N) is 2. The Hall–Kier alpha value is -3.51. The van der Waals surface area contributed by atoms with Crippen molar-refractivity contribution in [3.05, 3.63) is 75.0 Å². The first-order valence-electron chi connectivity index (χ1n) is 11.5. The number of halogens is 2. The summed E-state index contributed by atoms with van der Waals surface area (Å²) < 4.78 is 40.0. The normalized spacial score (nSPS) is 15.8. The van der Waals surface area contributed by atoms with Gasteiger partial charge < -0.3 is 19.5 Å². The minimum Gasteiger partial charge on any atom is -0.378 e. The molecule has 3 heterocycles. The smallest absolute Gasteiger partial charge is 0.293 e. The van der Waals surface area contributed by atoms with Crippen molar-refractivity contribution in [2.75, 3.05) is 37.2 Å². The number of rotatable bonds is 7. The Labute approximate surface area is 213 Å². The molecule has 0 aliphatic carbocycles. The maximum atomic E-state index is 15.0. The lowest BCUT2D eigenvalue weighted by Gasteiger charge is -2.35. The fourth-order valence-corrected chi connectivity index (χ4v) is 5.77. The highest BCUT2D eigenvalue weighted by molar-refractivity contribution is 8.32. The van der Waals surface area contributed by atoms with Crippen molar-refractivity contribution in [3.8, 4) is 0 Å². The van der Waals surface area contributed by atoms with Crippen molar-refractivity contribution in [2.45, 2.75) is 30.9 Å². The second-order valence-electron chi connectivity index (χ2n) is 9.08. The third-order valence-corrected chi connectivity index (χ3v) is 9.28. The van der Waals surface area contributed by atoms with E-state index in [1.54, 1.807) is 12.1 Å². The third kappa shape index (κ3) is 5.30. The molecule has 4 rings (SSSR count). The minimum atomic E-state index is -1.70. The molecule has 37 heavy (non-hydrogen) atoms. The number of aromatic nitrogens is 2. The molecular weight excluding hydrogens is 506 g/mol. The number of pyridine rings is 1. The van der Waals surface area contributed by atoms with Gasteiger partial charge in [-0.25, -0.2) is 18.8 Å². The maximum absolute atomic E-state index is 15.0. The molecule has 1 atom stereocenters. The number of nitrogens with zero attached hydrogens (tertiary/aromatic N) is 2. The van der Waals surface area contributed by atoms with Crippen molar-refractivity contribution >= 4 is 27.5 Å². The Kier molecular flexibility index (Phi) is 7.51. The van der Waals surface area contributed by atoms with Crippen LogP contribution < -0.4 is 10.9 Å². The van der Waals surface area contributed by atoms with Crippen LogP contribution in [0.3, 0.4) is 0 Å². The number of hydrogen-bond donors (Lipinski definition) is 2. The van der Waals surface area contributed by atoms with Gasteiger partial charge in [0.15, 0.2) is 0 Å². The summed E-state index contributed by atoms with van der Waals surface area (Å²) in [5, 5.41) is 4.62. The lowest BCUT2D eigenvalue weighted by atomic mass is 9.95. The second kappa shape index (κ2) is 10.5. The van der Waals surface area contributed by atoms with Crippen LogP contribution in [0.5, 0.6) is 0 Å². The number of benzene rings is 1. The fraction of sp³-hybridized carbons (Fsp3) is 0.360. The van der Waals surface area contributed by atoms with Crippen molar-refractivity contribution in [1.29, 1.82) is 0 Å². The molecule has 0 fully saturated rings. The highest BCUT2D eigenvalue weighted by Gasteiger charge is 2.38. The van der Waals surface area contributed by atoms with Crippen molar-refractivity contribution in [2.24, 2.45) is 0 Å². The molecule has 0 bridgehead atoms. The highest BCUT2D eigenvalue weighted by Crippen LogP contribution is 2.51. The molecule has 0 radical (unpaired) electrons. The second-order valence-corrected chi connectivity index (χ2v) is 13.1. The van der Waals surface area contributed by atoms with Gasteiger partial charge in [-0.15, -0.1) is 0 Å². The largest absolute Gasteiger partial charge is 0.378 e. The average molecular weight is 535 g/mol. The van der Waals surface area contributed by atoms with Crippen LogP contribution >= 0.6 is 10.0 Å². The lowest BCUT2D eigenvalue weighted by Crippen LogP contribution is -2.45. The van der Waals surface area contributed by atoms with Gasteiger partial charge in [-0.3, -0.25) is 19.4 Å². The Morgan fingerprint density at radius 3 is 2.54 bits per heavy atom. The maximum Gasteiger partial charge on any atom is 0.293 e. The van der Waals surface area contributed by atoms with Crippen molar-refractivity contribution in [1.82, 2.24) is 15.0 Å². The molecule has 0 saturated heterocycles. The fourth-order valence-electron chi connectivity index (χ4n) is 4.30. The van der Waals surface area contributed by atoms with E-state index in [2.05, 4.69) is 15.5 Å². The number of carbonyl (C=O) groups is 2. The lowest BCUT2D eigenvalue weighted by molar-refractivity contribution is -0.121. The summed E-state index contributed by atoms with van der Waals surface area (Å²) >= 11 is 0. The molecule has 9 nitrogen and oxygen atoms in total. The highest BCUT2D eigenvalue weighted by atomic mass is 32.3. The van der Waals surface area contributed by atoms with Crippen LogP contribution in [0.25, 0.3) is 0 Å². The van der Waals surface area contributed by atoms with E-state index < -0.39 is 45.1 Å². The number of H-pyrrole nitrogens is 1. The van der Waals surface area contributed by atoms with Gasteiger partial charge in [0.25, 0.3) is 17.4 Å². The molecular formula is C25H28F2N4O5S. The van der Waals surface area contributed by atoms with Gasteiger partial charge in [0.1, 0.15) is 17.7 Å². The van der Waals surface area contributed by atoms with Gasteiger partial charge in [0.05, 0.1) is 23.3 Å². The van der Waals surface area contributed by atoms with Crippen LogP contribution in [0.4, 0.5) is 14.5 Å². The number of anilines is 1. The summed E-state index contributed by atoms with van der Waals surface area (Å²) in [6.45, 7) is 2.23. The quantitative estimate of drug-likeness (QED) is 0.478. The number of hydrogen-bond acceptors (Lipinski definition) is 6. The van der Waals surface area contributed by atoms with Gasteiger partial charge in [-0.1, -0.05) is 13.0 Å². The van der Waals surface area contributed by atoms with Crippen LogP contribution in [0, 0.1) is 11.6 Å². The minimum absolute atomic E-state index is 0.0187. The van der Waals surface area contributed by atoms with E-state index in [0.717, 1.165) is 18.2 Å². The van der Waals surface area contributed by atoms with Gasteiger partial charge in [-0.2, -0.15) is 5.16 Å². The van der Waals surface area contributed by atoms with Crippen LogP contribution in [-0.2, 0) is 22.6 Å². The number of amides is 2. The molecule has 12 heteroatoms. The van der Waals surface area contributed by atoms with Crippen LogP contribution in [-0.4, -0.2) is 58.8 Å². The molecule has 2 aromatic heterocycles. The first-order valence-corrected chi connectivity index (χ1v) is 14.2. The van der Waals surface area contributed by atoms with E-state index in [-0.39, 0.29) is 29.5 Å². The van der Waals surface area contributed by atoms with Crippen LogP contribution in [0.1, 0.15) is 40.5 Å². The Morgan fingerprint density at radius 2 is 1.95 bits per heavy atom. The summed E-state index contributed by atoms with van der Waals surface area (Å²) in [4.78, 5) is 44.1. The molecule has 0 unspecified atom stereocenters. The molecule has 0 spiro atoms. The summed E-state index contributed by atoms with van der Waals surface area (Å²) in [6, 6.07) is 5.32. The number of carbonyl (C=O) groups excluding carboxylic acids is 2. The summed E-state index contributed by atoms with van der Waals surface area (Å²) in [6.07, 6.45) is 3.97.